The van der Waals surface area contributed by atoms with Gasteiger partial charge in [0.1, 0.15) is 12.4 Å². The highest BCUT2D eigenvalue weighted by Crippen LogP contribution is 2.45. The minimum atomic E-state index is -0.362. The Morgan fingerprint density at radius 2 is 1.90 bits per heavy atom. The average Bonchev–Trinajstić information content (AvgIpc) is 3.28. The molecule has 2 aliphatic rings. The van der Waals surface area contributed by atoms with Crippen LogP contribution in [-0.4, -0.2) is 25.4 Å². The number of hydrogen-bond acceptors (Lipinski definition) is 6. The first-order chi connectivity index (χ1) is 19.1. The molecule has 0 bridgehead atoms. The second-order valence-corrected chi connectivity index (χ2v) is 10.4. The normalized spacial score (nSPS) is 16.1. The summed E-state index contributed by atoms with van der Waals surface area (Å²) < 4.78 is 19.6. The number of aryl methyl sites for hydroxylation is 1. The summed E-state index contributed by atoms with van der Waals surface area (Å²) in [4.78, 5) is 19.8. The minimum Gasteiger partial charge on any atom is -0.493 e. The van der Waals surface area contributed by atoms with E-state index in [1.54, 1.807) is 20.3 Å². The van der Waals surface area contributed by atoms with Crippen molar-refractivity contribution < 1.29 is 14.2 Å². The van der Waals surface area contributed by atoms with E-state index in [9.17, 15) is 4.79 Å². The average molecular weight is 537 g/mol. The standard InChI is InChI=1S/C32H28N2O4S/c1-4-17-38-22-11-7-9-20(18-22)19-27-31(35)34-29(25-13-8-14-26(36-2)30(25)37-3)24-16-15-21-10-5-6-12-23(21)28(24)33-32(34)39-27/h4-14,18-19,29H,1,15-17H2,2-3H3. The van der Waals surface area contributed by atoms with Gasteiger partial charge in [-0.2, -0.15) is 0 Å². The van der Waals surface area contributed by atoms with Crippen LogP contribution < -0.4 is 29.1 Å². The second kappa shape index (κ2) is 10.4. The number of fused-ring (bicyclic) bond motifs is 3. The fourth-order valence-electron chi connectivity index (χ4n) is 5.43. The first-order valence-electron chi connectivity index (χ1n) is 12.8. The Bertz CT molecular complexity index is 1800. The summed E-state index contributed by atoms with van der Waals surface area (Å²) in [5, 5.41) is 0. The third kappa shape index (κ3) is 4.38. The Labute approximate surface area is 230 Å². The molecule has 4 aromatic rings. The molecule has 3 aromatic carbocycles. The number of hydrogen-bond donors (Lipinski definition) is 0. The molecule has 2 heterocycles. The molecule has 1 aliphatic carbocycles. The Morgan fingerprint density at radius 3 is 2.72 bits per heavy atom. The van der Waals surface area contributed by atoms with Crippen molar-refractivity contribution >= 4 is 23.1 Å². The Hall–Kier alpha value is -4.36. The molecule has 1 atom stereocenters. The topological polar surface area (TPSA) is 62.0 Å². The maximum atomic E-state index is 14.1. The van der Waals surface area contributed by atoms with E-state index in [4.69, 9.17) is 19.2 Å². The van der Waals surface area contributed by atoms with Gasteiger partial charge in [-0.1, -0.05) is 72.5 Å². The zero-order chi connectivity index (χ0) is 26.9. The first kappa shape index (κ1) is 24.9. The largest absolute Gasteiger partial charge is 0.493 e. The van der Waals surface area contributed by atoms with Crippen molar-refractivity contribution in [1.29, 1.82) is 0 Å². The molecule has 7 heteroatoms. The molecular weight excluding hydrogens is 508 g/mol. The molecule has 6 rings (SSSR count). The number of para-hydroxylation sites is 1. The van der Waals surface area contributed by atoms with Crippen LogP contribution in [0.25, 0.3) is 11.8 Å². The lowest BCUT2D eigenvalue weighted by Crippen LogP contribution is -2.39. The highest BCUT2D eigenvalue weighted by Gasteiger charge is 2.34. The zero-order valence-corrected chi connectivity index (χ0v) is 22.7. The SMILES string of the molecule is C=CCOc1cccc(C=c2sc3n(c2=O)C(c2cccc(OC)c2OC)C2=C(N=3)c3ccccc3CC2)c1. The molecule has 1 aliphatic heterocycles. The minimum absolute atomic E-state index is 0.0866. The molecule has 0 fully saturated rings. The molecule has 39 heavy (non-hydrogen) atoms. The van der Waals surface area contributed by atoms with E-state index in [2.05, 4.69) is 24.8 Å². The summed E-state index contributed by atoms with van der Waals surface area (Å²) in [5.74, 6) is 1.98. The van der Waals surface area contributed by atoms with Crippen LogP contribution >= 0.6 is 11.3 Å². The third-order valence-corrected chi connectivity index (χ3v) is 8.11. The van der Waals surface area contributed by atoms with Crippen LogP contribution in [0.5, 0.6) is 17.2 Å². The third-order valence-electron chi connectivity index (χ3n) is 7.12. The second-order valence-electron chi connectivity index (χ2n) is 9.37. The van der Waals surface area contributed by atoms with Crippen LogP contribution in [0.4, 0.5) is 0 Å². The zero-order valence-electron chi connectivity index (χ0n) is 21.8. The van der Waals surface area contributed by atoms with Gasteiger partial charge in [-0.3, -0.25) is 9.36 Å². The molecule has 1 aromatic heterocycles. The van der Waals surface area contributed by atoms with E-state index in [0.717, 1.165) is 46.6 Å². The van der Waals surface area contributed by atoms with Gasteiger partial charge in [0.25, 0.3) is 5.56 Å². The van der Waals surface area contributed by atoms with Crippen LogP contribution in [0.1, 0.15) is 34.7 Å². The lowest BCUT2D eigenvalue weighted by Gasteiger charge is -2.31. The molecule has 0 saturated carbocycles. The van der Waals surface area contributed by atoms with Crippen LogP contribution in [-0.2, 0) is 6.42 Å². The highest BCUT2D eigenvalue weighted by molar-refractivity contribution is 7.07. The predicted molar refractivity (Wildman–Crippen MR) is 154 cm³/mol. The molecule has 0 radical (unpaired) electrons. The van der Waals surface area contributed by atoms with Crippen molar-refractivity contribution in [2.75, 3.05) is 20.8 Å². The summed E-state index contributed by atoms with van der Waals surface area (Å²) >= 11 is 1.40. The van der Waals surface area contributed by atoms with Crippen molar-refractivity contribution in [3.8, 4) is 17.2 Å². The Balaban J connectivity index is 1.59. The van der Waals surface area contributed by atoms with Gasteiger partial charge in [0.15, 0.2) is 16.3 Å². The summed E-state index contributed by atoms with van der Waals surface area (Å²) in [6, 6.07) is 21.6. The number of thiazole rings is 1. The number of rotatable bonds is 7. The van der Waals surface area contributed by atoms with E-state index in [0.29, 0.717) is 27.4 Å². The summed E-state index contributed by atoms with van der Waals surface area (Å²) in [6.07, 6.45) is 5.29. The molecule has 196 valence electrons. The van der Waals surface area contributed by atoms with Gasteiger partial charge in [0.05, 0.1) is 30.5 Å². The van der Waals surface area contributed by atoms with E-state index in [1.807, 2.05) is 59.2 Å². The lowest BCUT2D eigenvalue weighted by atomic mass is 9.83. The molecule has 6 nitrogen and oxygen atoms in total. The highest BCUT2D eigenvalue weighted by atomic mass is 32.1. The number of ether oxygens (including phenoxy) is 3. The van der Waals surface area contributed by atoms with Crippen LogP contribution in [0.3, 0.4) is 0 Å². The maximum Gasteiger partial charge on any atom is 0.271 e. The summed E-state index contributed by atoms with van der Waals surface area (Å²) in [7, 11) is 3.26. The van der Waals surface area contributed by atoms with E-state index < -0.39 is 0 Å². The summed E-state index contributed by atoms with van der Waals surface area (Å²) in [5.41, 5.74) is 6.12. The molecule has 0 spiro atoms. The molecule has 0 N–H and O–H groups in total. The van der Waals surface area contributed by atoms with Crippen molar-refractivity contribution in [3.05, 3.63) is 127 Å². The van der Waals surface area contributed by atoms with Gasteiger partial charge in [-0.05, 0) is 53.8 Å². The molecule has 0 amide bonds. The fourth-order valence-corrected chi connectivity index (χ4v) is 6.43. The van der Waals surface area contributed by atoms with E-state index in [-0.39, 0.29) is 11.6 Å². The van der Waals surface area contributed by atoms with Crippen LogP contribution in [0.15, 0.2) is 94.7 Å². The first-order valence-corrected chi connectivity index (χ1v) is 13.6. The number of allylic oxidation sites excluding steroid dienone is 1. The molecular formula is C32H28N2O4S. The molecule has 1 unspecified atom stereocenters. The number of aromatic nitrogens is 1. The van der Waals surface area contributed by atoms with Crippen molar-refractivity contribution in [2.45, 2.75) is 18.9 Å². The van der Waals surface area contributed by atoms with Gasteiger partial charge in [-0.15, -0.1) is 0 Å². The van der Waals surface area contributed by atoms with Crippen LogP contribution in [0, 0.1) is 0 Å². The predicted octanol–water partition coefficient (Wildman–Crippen LogP) is 4.90. The van der Waals surface area contributed by atoms with Crippen molar-refractivity contribution in [2.24, 2.45) is 4.99 Å². The maximum absolute atomic E-state index is 14.1. The number of methoxy groups -OCH3 is 2. The van der Waals surface area contributed by atoms with Gasteiger partial charge in [0, 0.05) is 11.1 Å². The van der Waals surface area contributed by atoms with E-state index in [1.165, 1.54) is 16.9 Å². The fraction of sp³-hybridized carbons (Fsp3) is 0.188. The van der Waals surface area contributed by atoms with Gasteiger partial charge in [0.2, 0.25) is 0 Å². The number of benzene rings is 3. The van der Waals surface area contributed by atoms with Crippen molar-refractivity contribution in [3.63, 3.8) is 0 Å². The monoisotopic (exact) mass is 536 g/mol. The Kier molecular flexibility index (Phi) is 6.67. The summed E-state index contributed by atoms with van der Waals surface area (Å²) in [6.45, 7) is 4.13. The van der Waals surface area contributed by atoms with Gasteiger partial charge in [-0.25, -0.2) is 4.99 Å². The van der Waals surface area contributed by atoms with E-state index >= 15 is 0 Å². The smallest absolute Gasteiger partial charge is 0.271 e. The van der Waals surface area contributed by atoms with Crippen LogP contribution in [0.2, 0.25) is 0 Å². The van der Waals surface area contributed by atoms with Crippen molar-refractivity contribution in [1.82, 2.24) is 4.57 Å². The molecule has 0 saturated heterocycles. The quantitative estimate of drug-likeness (QED) is 0.315. The Morgan fingerprint density at radius 1 is 1.05 bits per heavy atom. The van der Waals surface area contributed by atoms with Gasteiger partial charge < -0.3 is 14.2 Å². The number of nitrogens with zero attached hydrogens (tertiary/aromatic N) is 2. The lowest BCUT2D eigenvalue weighted by molar-refractivity contribution is 0.348. The van der Waals surface area contributed by atoms with Gasteiger partial charge >= 0.3 is 0 Å².